The zero-order valence-corrected chi connectivity index (χ0v) is 8.40. The lowest BCUT2D eigenvalue weighted by Crippen LogP contribution is -2.20. The van der Waals surface area contributed by atoms with Gasteiger partial charge in [-0.05, 0) is 19.8 Å². The minimum absolute atomic E-state index is 0.0178. The van der Waals surface area contributed by atoms with Crippen molar-refractivity contribution < 1.29 is 15.3 Å². The number of hydrogen-bond donors (Lipinski definition) is 3. The summed E-state index contributed by atoms with van der Waals surface area (Å²) in [5.41, 5.74) is 1.08. The smallest absolute Gasteiger partial charge is 0.0614 e. The molecule has 0 aromatic heterocycles. The third-order valence-electron chi connectivity index (χ3n) is 2.22. The molecule has 0 aliphatic rings. The Morgan fingerprint density at radius 2 is 2.00 bits per heavy atom. The van der Waals surface area contributed by atoms with Crippen LogP contribution >= 0.6 is 0 Å². The normalized spacial score (nSPS) is 17.2. The Kier molecular flexibility index (Phi) is 6.86. The summed E-state index contributed by atoms with van der Waals surface area (Å²) in [6.45, 7) is 3.81. The molecule has 0 saturated carbocycles. The van der Waals surface area contributed by atoms with Gasteiger partial charge in [0.05, 0.1) is 12.7 Å². The van der Waals surface area contributed by atoms with Crippen LogP contribution < -0.4 is 0 Å². The Balaban J connectivity index is 3.69. The molecule has 0 amide bonds. The SMILES string of the molecule is C/C(=C\CO)CCC(O)C(C)CO. The number of allylic oxidation sites excluding steroid dienone is 1. The minimum atomic E-state index is -0.452. The lowest BCUT2D eigenvalue weighted by atomic mass is 9.99. The van der Waals surface area contributed by atoms with E-state index in [1.165, 1.54) is 0 Å². The highest BCUT2D eigenvalue weighted by Crippen LogP contribution is 2.12. The molecule has 0 aromatic carbocycles. The van der Waals surface area contributed by atoms with E-state index >= 15 is 0 Å². The van der Waals surface area contributed by atoms with Crippen LogP contribution in [0.5, 0.6) is 0 Å². The van der Waals surface area contributed by atoms with Gasteiger partial charge in [-0.15, -0.1) is 0 Å². The summed E-state index contributed by atoms with van der Waals surface area (Å²) in [7, 11) is 0. The van der Waals surface area contributed by atoms with E-state index < -0.39 is 6.10 Å². The predicted molar refractivity (Wildman–Crippen MR) is 52.3 cm³/mol. The molecule has 0 heterocycles. The number of hydrogen-bond acceptors (Lipinski definition) is 3. The zero-order valence-electron chi connectivity index (χ0n) is 8.40. The van der Waals surface area contributed by atoms with E-state index in [0.717, 1.165) is 12.0 Å². The quantitative estimate of drug-likeness (QED) is 0.538. The van der Waals surface area contributed by atoms with Gasteiger partial charge in [-0.25, -0.2) is 0 Å². The molecule has 0 aromatic rings. The average Bonchev–Trinajstić information content (AvgIpc) is 2.13. The first-order chi connectivity index (χ1) is 6.11. The average molecular weight is 188 g/mol. The molecule has 0 spiro atoms. The molecule has 0 aliphatic heterocycles. The van der Waals surface area contributed by atoms with Crippen molar-refractivity contribution in [2.45, 2.75) is 32.8 Å². The highest BCUT2D eigenvalue weighted by Gasteiger charge is 2.12. The van der Waals surface area contributed by atoms with Crippen LogP contribution in [0.15, 0.2) is 11.6 Å². The van der Waals surface area contributed by atoms with Gasteiger partial charge >= 0.3 is 0 Å². The van der Waals surface area contributed by atoms with Crippen LogP contribution in [0.2, 0.25) is 0 Å². The Hall–Kier alpha value is -0.380. The van der Waals surface area contributed by atoms with Crippen molar-refractivity contribution in [2.24, 2.45) is 5.92 Å². The second-order valence-electron chi connectivity index (χ2n) is 3.50. The lowest BCUT2D eigenvalue weighted by Gasteiger charge is -2.16. The van der Waals surface area contributed by atoms with Gasteiger partial charge in [0.1, 0.15) is 0 Å². The summed E-state index contributed by atoms with van der Waals surface area (Å²) in [4.78, 5) is 0. The third-order valence-corrected chi connectivity index (χ3v) is 2.22. The number of aliphatic hydroxyl groups is 3. The van der Waals surface area contributed by atoms with E-state index in [4.69, 9.17) is 10.2 Å². The lowest BCUT2D eigenvalue weighted by molar-refractivity contribution is 0.0708. The molecule has 0 radical (unpaired) electrons. The molecular weight excluding hydrogens is 168 g/mol. The molecule has 0 saturated heterocycles. The molecule has 78 valence electrons. The Bertz CT molecular complexity index is 154. The van der Waals surface area contributed by atoms with Crippen molar-refractivity contribution in [3.63, 3.8) is 0 Å². The monoisotopic (exact) mass is 188 g/mol. The van der Waals surface area contributed by atoms with Gasteiger partial charge in [-0.1, -0.05) is 18.6 Å². The summed E-state index contributed by atoms with van der Waals surface area (Å²) >= 11 is 0. The van der Waals surface area contributed by atoms with Gasteiger partial charge in [-0.2, -0.15) is 0 Å². The Morgan fingerprint density at radius 3 is 2.46 bits per heavy atom. The topological polar surface area (TPSA) is 60.7 Å². The van der Waals surface area contributed by atoms with Crippen LogP contribution in [0.4, 0.5) is 0 Å². The van der Waals surface area contributed by atoms with E-state index in [-0.39, 0.29) is 19.1 Å². The predicted octanol–water partition coefficient (Wildman–Crippen LogP) is 0.695. The van der Waals surface area contributed by atoms with Gasteiger partial charge in [0.2, 0.25) is 0 Å². The molecule has 3 N–H and O–H groups in total. The van der Waals surface area contributed by atoms with Crippen molar-refractivity contribution in [3.05, 3.63) is 11.6 Å². The first-order valence-electron chi connectivity index (χ1n) is 4.67. The maximum atomic E-state index is 9.49. The first kappa shape index (κ1) is 12.6. The maximum absolute atomic E-state index is 9.49. The van der Waals surface area contributed by atoms with E-state index in [1.54, 1.807) is 6.08 Å². The van der Waals surface area contributed by atoms with Crippen LogP contribution in [0.25, 0.3) is 0 Å². The fourth-order valence-electron chi connectivity index (χ4n) is 1.04. The van der Waals surface area contributed by atoms with Gasteiger partial charge in [0.15, 0.2) is 0 Å². The zero-order chi connectivity index (χ0) is 10.3. The van der Waals surface area contributed by atoms with Crippen molar-refractivity contribution in [2.75, 3.05) is 13.2 Å². The van der Waals surface area contributed by atoms with Crippen LogP contribution in [-0.4, -0.2) is 34.6 Å². The summed E-state index contributed by atoms with van der Waals surface area (Å²) in [6.07, 6.45) is 2.69. The highest BCUT2D eigenvalue weighted by atomic mass is 16.3. The third kappa shape index (κ3) is 5.80. The Morgan fingerprint density at radius 1 is 1.38 bits per heavy atom. The first-order valence-corrected chi connectivity index (χ1v) is 4.67. The van der Waals surface area contributed by atoms with E-state index in [1.807, 2.05) is 13.8 Å². The minimum Gasteiger partial charge on any atom is -0.396 e. The molecule has 0 aliphatic carbocycles. The second kappa shape index (κ2) is 7.06. The second-order valence-corrected chi connectivity index (χ2v) is 3.50. The molecule has 0 fully saturated rings. The van der Waals surface area contributed by atoms with Crippen molar-refractivity contribution >= 4 is 0 Å². The van der Waals surface area contributed by atoms with Gasteiger partial charge in [-0.3, -0.25) is 0 Å². The number of aliphatic hydroxyl groups excluding tert-OH is 3. The maximum Gasteiger partial charge on any atom is 0.0614 e. The summed E-state index contributed by atoms with van der Waals surface area (Å²) in [5.74, 6) is -0.0677. The molecule has 2 unspecified atom stereocenters. The summed E-state index contributed by atoms with van der Waals surface area (Å²) in [5, 5.41) is 26.8. The largest absolute Gasteiger partial charge is 0.396 e. The van der Waals surface area contributed by atoms with Crippen LogP contribution in [0.1, 0.15) is 26.7 Å². The molecular formula is C10H20O3. The molecule has 3 heteroatoms. The van der Waals surface area contributed by atoms with Crippen LogP contribution in [-0.2, 0) is 0 Å². The van der Waals surface area contributed by atoms with Crippen molar-refractivity contribution in [3.8, 4) is 0 Å². The summed E-state index contributed by atoms with van der Waals surface area (Å²) < 4.78 is 0. The van der Waals surface area contributed by atoms with Crippen molar-refractivity contribution in [1.29, 1.82) is 0 Å². The summed E-state index contributed by atoms with van der Waals surface area (Å²) in [6, 6.07) is 0. The molecule has 0 rings (SSSR count). The molecule has 0 bridgehead atoms. The van der Waals surface area contributed by atoms with E-state index in [0.29, 0.717) is 6.42 Å². The van der Waals surface area contributed by atoms with Crippen molar-refractivity contribution in [1.82, 2.24) is 0 Å². The van der Waals surface area contributed by atoms with Crippen LogP contribution in [0.3, 0.4) is 0 Å². The van der Waals surface area contributed by atoms with Crippen LogP contribution in [0, 0.1) is 5.92 Å². The van der Waals surface area contributed by atoms with E-state index in [9.17, 15) is 5.11 Å². The Labute approximate surface area is 79.7 Å². The highest BCUT2D eigenvalue weighted by molar-refractivity contribution is 4.97. The van der Waals surface area contributed by atoms with Gasteiger partial charge in [0, 0.05) is 12.5 Å². The molecule has 13 heavy (non-hydrogen) atoms. The number of rotatable bonds is 6. The molecule has 2 atom stereocenters. The standard InChI is InChI=1S/C10H20O3/c1-8(5-6-11)3-4-10(13)9(2)7-12/h5,9-13H,3-4,6-7H2,1-2H3/b8-5+. The fraction of sp³-hybridized carbons (Fsp3) is 0.800. The van der Waals surface area contributed by atoms with Gasteiger partial charge < -0.3 is 15.3 Å². The van der Waals surface area contributed by atoms with Gasteiger partial charge in [0.25, 0.3) is 0 Å². The van der Waals surface area contributed by atoms with E-state index in [2.05, 4.69) is 0 Å². The fourth-order valence-corrected chi connectivity index (χ4v) is 1.04. The molecule has 3 nitrogen and oxygen atoms in total.